The molecule has 0 saturated heterocycles. The first-order chi connectivity index (χ1) is 14.5. The Hall–Kier alpha value is -3.84. The molecule has 0 aliphatic heterocycles. The van der Waals surface area contributed by atoms with Gasteiger partial charge in [-0.25, -0.2) is 4.98 Å². The summed E-state index contributed by atoms with van der Waals surface area (Å²) in [5, 5.41) is 14.4. The van der Waals surface area contributed by atoms with Gasteiger partial charge in [0.15, 0.2) is 5.13 Å². The van der Waals surface area contributed by atoms with E-state index in [4.69, 9.17) is 0 Å². The molecule has 4 rings (SSSR count). The molecule has 148 valence electrons. The number of carbonyl (C=O) groups is 1. The number of nitro groups is 1. The number of hydrogen-bond acceptors (Lipinski definition) is 5. The number of aryl methyl sites for hydroxylation is 1. The average molecular weight is 415 g/mol. The summed E-state index contributed by atoms with van der Waals surface area (Å²) in [5.74, 6) is -0.564. The van der Waals surface area contributed by atoms with Crippen molar-refractivity contribution >= 4 is 28.1 Å². The third kappa shape index (κ3) is 3.97. The van der Waals surface area contributed by atoms with Gasteiger partial charge in [-0.1, -0.05) is 83.6 Å². The molecular formula is C23H17N3O3S. The van der Waals surface area contributed by atoms with Gasteiger partial charge in [-0.15, -0.1) is 0 Å². The van der Waals surface area contributed by atoms with Gasteiger partial charge in [0.25, 0.3) is 11.6 Å². The molecule has 0 aliphatic carbocycles. The lowest BCUT2D eigenvalue weighted by molar-refractivity contribution is -0.385. The zero-order valence-electron chi connectivity index (χ0n) is 16.0. The van der Waals surface area contributed by atoms with Crippen molar-refractivity contribution in [3.8, 4) is 21.7 Å². The van der Waals surface area contributed by atoms with Crippen molar-refractivity contribution < 1.29 is 9.72 Å². The summed E-state index contributed by atoms with van der Waals surface area (Å²) in [6, 6.07) is 23.7. The van der Waals surface area contributed by atoms with E-state index in [-0.39, 0.29) is 11.3 Å². The fourth-order valence-electron chi connectivity index (χ4n) is 3.06. The van der Waals surface area contributed by atoms with Gasteiger partial charge in [-0.05, 0) is 18.6 Å². The Morgan fingerprint density at radius 1 is 0.933 bits per heavy atom. The van der Waals surface area contributed by atoms with E-state index in [1.54, 1.807) is 6.07 Å². The maximum absolute atomic E-state index is 12.7. The van der Waals surface area contributed by atoms with E-state index in [1.165, 1.54) is 29.5 Å². The lowest BCUT2D eigenvalue weighted by Crippen LogP contribution is -2.13. The van der Waals surface area contributed by atoms with E-state index in [9.17, 15) is 14.9 Å². The number of amides is 1. The van der Waals surface area contributed by atoms with E-state index in [2.05, 4.69) is 10.3 Å². The number of aromatic nitrogens is 1. The molecular weight excluding hydrogens is 398 g/mol. The molecule has 30 heavy (non-hydrogen) atoms. The second kappa shape index (κ2) is 8.26. The molecule has 6 nitrogen and oxygen atoms in total. The fraction of sp³-hybridized carbons (Fsp3) is 0.0435. The molecule has 1 heterocycles. The monoisotopic (exact) mass is 415 g/mol. The maximum Gasteiger partial charge on any atom is 0.282 e. The molecule has 1 aromatic heterocycles. The Morgan fingerprint density at radius 2 is 1.60 bits per heavy atom. The Balaban J connectivity index is 1.74. The first-order valence-electron chi connectivity index (χ1n) is 9.21. The SMILES string of the molecule is Cc1ccc(-c2nc(NC(=O)c3ccccc3[N+](=O)[O-])sc2-c2ccccc2)cc1. The molecule has 4 aromatic rings. The van der Waals surface area contributed by atoms with Crippen molar-refractivity contribution in [3.63, 3.8) is 0 Å². The Morgan fingerprint density at radius 3 is 2.30 bits per heavy atom. The van der Waals surface area contributed by atoms with Gasteiger partial charge in [0.1, 0.15) is 5.56 Å². The first kappa shape index (κ1) is 19.5. The summed E-state index contributed by atoms with van der Waals surface area (Å²) in [6.45, 7) is 2.02. The van der Waals surface area contributed by atoms with Crippen LogP contribution in [0.2, 0.25) is 0 Å². The molecule has 1 amide bonds. The van der Waals surface area contributed by atoms with Crippen LogP contribution < -0.4 is 5.32 Å². The molecule has 7 heteroatoms. The molecule has 0 unspecified atom stereocenters. The highest BCUT2D eigenvalue weighted by atomic mass is 32.1. The van der Waals surface area contributed by atoms with Gasteiger partial charge in [-0.3, -0.25) is 20.2 Å². The number of benzene rings is 3. The number of nitro benzene ring substituents is 1. The van der Waals surface area contributed by atoms with Crippen LogP contribution in [0.1, 0.15) is 15.9 Å². The predicted octanol–water partition coefficient (Wildman–Crippen LogP) is 5.95. The van der Waals surface area contributed by atoms with E-state index >= 15 is 0 Å². The molecule has 0 fully saturated rings. The Kier molecular flexibility index (Phi) is 5.36. The number of nitrogens with zero attached hydrogens (tertiary/aromatic N) is 2. The van der Waals surface area contributed by atoms with Gasteiger partial charge < -0.3 is 0 Å². The highest BCUT2D eigenvalue weighted by Crippen LogP contribution is 2.39. The number of nitrogens with one attached hydrogen (secondary N) is 1. The van der Waals surface area contributed by atoms with Crippen LogP contribution in [0.5, 0.6) is 0 Å². The highest BCUT2D eigenvalue weighted by molar-refractivity contribution is 7.19. The van der Waals surface area contributed by atoms with E-state index in [1.807, 2.05) is 61.5 Å². The fourth-order valence-corrected chi connectivity index (χ4v) is 4.04. The van der Waals surface area contributed by atoms with Gasteiger partial charge in [0, 0.05) is 11.6 Å². The van der Waals surface area contributed by atoms with Gasteiger partial charge in [0.2, 0.25) is 0 Å². The molecule has 0 radical (unpaired) electrons. The molecule has 0 aliphatic rings. The van der Waals surface area contributed by atoms with Gasteiger partial charge in [0.05, 0.1) is 15.5 Å². The quantitative estimate of drug-likeness (QED) is 0.323. The summed E-state index contributed by atoms with van der Waals surface area (Å²) in [6.07, 6.45) is 0. The number of anilines is 1. The number of rotatable bonds is 5. The number of para-hydroxylation sites is 1. The number of hydrogen-bond donors (Lipinski definition) is 1. The minimum absolute atomic E-state index is 0.00385. The smallest absolute Gasteiger partial charge is 0.282 e. The number of carbonyl (C=O) groups excluding carboxylic acids is 1. The van der Waals surface area contributed by atoms with E-state index in [0.29, 0.717) is 5.13 Å². The van der Waals surface area contributed by atoms with Crippen LogP contribution in [0.25, 0.3) is 21.7 Å². The molecule has 1 N–H and O–H groups in total. The minimum Gasteiger partial charge on any atom is -0.298 e. The Labute approximate surface area is 177 Å². The summed E-state index contributed by atoms with van der Waals surface area (Å²) in [7, 11) is 0. The number of thiazole rings is 1. The third-order valence-electron chi connectivity index (χ3n) is 4.55. The maximum atomic E-state index is 12.7. The third-order valence-corrected chi connectivity index (χ3v) is 5.57. The van der Waals surface area contributed by atoms with Crippen molar-refractivity contribution in [2.24, 2.45) is 0 Å². The molecule has 0 bridgehead atoms. The molecule has 0 spiro atoms. The summed E-state index contributed by atoms with van der Waals surface area (Å²) in [4.78, 5) is 29.0. The van der Waals surface area contributed by atoms with Crippen LogP contribution in [0.4, 0.5) is 10.8 Å². The molecule has 0 atom stereocenters. The zero-order valence-corrected chi connectivity index (χ0v) is 16.8. The van der Waals surface area contributed by atoms with Crippen molar-refractivity contribution in [2.45, 2.75) is 6.92 Å². The summed E-state index contributed by atoms with van der Waals surface area (Å²) < 4.78 is 0. The van der Waals surface area contributed by atoms with Gasteiger partial charge >= 0.3 is 0 Å². The average Bonchev–Trinajstić information content (AvgIpc) is 3.18. The predicted molar refractivity (Wildman–Crippen MR) is 119 cm³/mol. The summed E-state index contributed by atoms with van der Waals surface area (Å²) in [5.41, 5.74) is 3.56. The van der Waals surface area contributed by atoms with Crippen LogP contribution in [0.3, 0.4) is 0 Å². The second-order valence-corrected chi connectivity index (χ2v) is 7.66. The summed E-state index contributed by atoms with van der Waals surface area (Å²) >= 11 is 1.34. The van der Waals surface area contributed by atoms with Crippen LogP contribution in [-0.4, -0.2) is 15.8 Å². The topological polar surface area (TPSA) is 85.1 Å². The van der Waals surface area contributed by atoms with Crippen LogP contribution >= 0.6 is 11.3 Å². The normalized spacial score (nSPS) is 10.6. The van der Waals surface area contributed by atoms with Crippen LogP contribution in [0, 0.1) is 17.0 Å². The van der Waals surface area contributed by atoms with Crippen LogP contribution in [0.15, 0.2) is 78.9 Å². The minimum atomic E-state index is -0.566. The van der Waals surface area contributed by atoms with E-state index < -0.39 is 10.8 Å². The lowest BCUT2D eigenvalue weighted by Gasteiger charge is -2.03. The second-order valence-electron chi connectivity index (χ2n) is 6.66. The molecule has 0 saturated carbocycles. The first-order valence-corrected chi connectivity index (χ1v) is 10.0. The van der Waals surface area contributed by atoms with E-state index in [0.717, 1.165) is 27.3 Å². The van der Waals surface area contributed by atoms with Crippen molar-refractivity contribution in [1.82, 2.24) is 4.98 Å². The van der Waals surface area contributed by atoms with Crippen LogP contribution in [-0.2, 0) is 0 Å². The van der Waals surface area contributed by atoms with Crippen molar-refractivity contribution in [1.29, 1.82) is 0 Å². The standard InChI is InChI=1S/C23H17N3O3S/c1-15-11-13-16(14-12-15)20-21(17-7-3-2-4-8-17)30-23(24-20)25-22(27)18-9-5-6-10-19(18)26(28)29/h2-14H,1H3,(H,24,25,27). The van der Waals surface area contributed by atoms with Crippen molar-refractivity contribution in [2.75, 3.05) is 5.32 Å². The highest BCUT2D eigenvalue weighted by Gasteiger charge is 2.22. The lowest BCUT2D eigenvalue weighted by atomic mass is 10.1. The zero-order chi connectivity index (χ0) is 21.1. The largest absolute Gasteiger partial charge is 0.298 e. The van der Waals surface area contributed by atoms with Crippen molar-refractivity contribution in [3.05, 3.63) is 100 Å². The van der Waals surface area contributed by atoms with Gasteiger partial charge in [-0.2, -0.15) is 0 Å². The molecule has 3 aromatic carbocycles. The Bertz CT molecular complexity index is 1220.